The lowest BCUT2D eigenvalue weighted by atomic mass is 10.0. The first kappa shape index (κ1) is 75.6. The van der Waals surface area contributed by atoms with Crippen molar-refractivity contribution >= 4 is 11.9 Å². The van der Waals surface area contributed by atoms with Crippen LogP contribution in [0.2, 0.25) is 0 Å². The molecule has 458 valence electrons. The predicted molar refractivity (Wildman–Crippen MR) is 338 cm³/mol. The number of aliphatic hydroxyl groups is 2. The number of carbonyl (C=O) groups excluding carboxylic acids is 2. The van der Waals surface area contributed by atoms with Gasteiger partial charge < -0.3 is 20.3 Å². The minimum atomic E-state index is -0.660. The molecule has 0 aliphatic heterocycles. The molecule has 0 aromatic heterocycles. The van der Waals surface area contributed by atoms with Crippen molar-refractivity contribution in [3.8, 4) is 0 Å². The van der Waals surface area contributed by atoms with Gasteiger partial charge in [-0.05, 0) is 51.4 Å². The van der Waals surface area contributed by atoms with Crippen molar-refractivity contribution in [1.82, 2.24) is 5.32 Å². The maximum absolute atomic E-state index is 12.5. The molecule has 77 heavy (non-hydrogen) atoms. The number of amides is 1. The van der Waals surface area contributed by atoms with E-state index in [1.807, 2.05) is 0 Å². The van der Waals surface area contributed by atoms with Crippen LogP contribution in [0, 0.1) is 0 Å². The number of carbonyl (C=O) groups is 2. The smallest absolute Gasteiger partial charge is 0.305 e. The summed E-state index contributed by atoms with van der Waals surface area (Å²) in [4.78, 5) is 24.6. The normalized spacial score (nSPS) is 12.5. The van der Waals surface area contributed by atoms with Crippen LogP contribution in [0.5, 0.6) is 0 Å². The highest BCUT2D eigenvalue weighted by molar-refractivity contribution is 5.76. The van der Waals surface area contributed by atoms with Crippen LogP contribution in [0.25, 0.3) is 0 Å². The van der Waals surface area contributed by atoms with Gasteiger partial charge in [-0.15, -0.1) is 0 Å². The third kappa shape index (κ3) is 63.6. The molecule has 0 aromatic rings. The fourth-order valence-electron chi connectivity index (χ4n) is 11.4. The van der Waals surface area contributed by atoms with Crippen LogP contribution in [0.3, 0.4) is 0 Å². The summed E-state index contributed by atoms with van der Waals surface area (Å²) in [6, 6.07) is -0.537. The highest BCUT2D eigenvalue weighted by Crippen LogP contribution is 2.19. The highest BCUT2D eigenvalue weighted by atomic mass is 16.5. The molecular formula is C71H139NO5. The summed E-state index contributed by atoms with van der Waals surface area (Å²) >= 11 is 0. The largest absolute Gasteiger partial charge is 0.466 e. The third-order valence-corrected chi connectivity index (χ3v) is 16.8. The molecular weight excluding hydrogens is 947 g/mol. The molecule has 0 rings (SSSR count). The number of hydrogen-bond acceptors (Lipinski definition) is 5. The molecule has 0 heterocycles. The zero-order valence-corrected chi connectivity index (χ0v) is 52.5. The zero-order chi connectivity index (χ0) is 55.7. The highest BCUT2D eigenvalue weighted by Gasteiger charge is 2.20. The van der Waals surface area contributed by atoms with Gasteiger partial charge in [0.15, 0.2) is 0 Å². The Morgan fingerprint density at radius 2 is 0.610 bits per heavy atom. The van der Waals surface area contributed by atoms with Crippen molar-refractivity contribution in [2.45, 2.75) is 418 Å². The molecule has 0 saturated carbocycles. The summed E-state index contributed by atoms with van der Waals surface area (Å²) in [6.07, 6.45) is 82.7. The van der Waals surface area contributed by atoms with Gasteiger partial charge in [0, 0.05) is 12.8 Å². The molecule has 0 aliphatic rings. The Kier molecular flexibility index (Phi) is 65.9. The van der Waals surface area contributed by atoms with E-state index in [1.165, 1.54) is 327 Å². The van der Waals surface area contributed by atoms with E-state index in [0.29, 0.717) is 25.9 Å². The Hall–Kier alpha value is -1.40. The molecule has 1 amide bonds. The monoisotopic (exact) mass is 1090 g/mol. The van der Waals surface area contributed by atoms with Crippen molar-refractivity contribution in [2.75, 3.05) is 13.2 Å². The van der Waals surface area contributed by atoms with Gasteiger partial charge in [-0.25, -0.2) is 0 Å². The first-order valence-corrected chi connectivity index (χ1v) is 35.4. The van der Waals surface area contributed by atoms with Gasteiger partial charge in [0.2, 0.25) is 5.91 Å². The molecule has 0 radical (unpaired) electrons. The lowest BCUT2D eigenvalue weighted by molar-refractivity contribution is -0.143. The first-order valence-electron chi connectivity index (χ1n) is 35.4. The lowest BCUT2D eigenvalue weighted by Gasteiger charge is -2.22. The summed E-state index contributed by atoms with van der Waals surface area (Å²) in [5.41, 5.74) is 0. The second-order valence-corrected chi connectivity index (χ2v) is 24.6. The molecule has 0 bridgehead atoms. The van der Waals surface area contributed by atoms with Gasteiger partial charge in [0.1, 0.15) is 0 Å². The maximum atomic E-state index is 12.5. The molecule has 6 heteroatoms. The van der Waals surface area contributed by atoms with E-state index in [0.717, 1.165) is 44.9 Å². The second kappa shape index (κ2) is 67.1. The zero-order valence-electron chi connectivity index (χ0n) is 52.5. The fourth-order valence-corrected chi connectivity index (χ4v) is 11.4. The van der Waals surface area contributed by atoms with Crippen LogP contribution >= 0.6 is 0 Å². The van der Waals surface area contributed by atoms with E-state index < -0.39 is 12.1 Å². The van der Waals surface area contributed by atoms with Crippen molar-refractivity contribution < 1.29 is 24.5 Å². The van der Waals surface area contributed by atoms with Gasteiger partial charge in [-0.1, -0.05) is 353 Å². The average Bonchev–Trinajstić information content (AvgIpc) is 3.43. The molecule has 0 aromatic carbocycles. The predicted octanol–water partition coefficient (Wildman–Crippen LogP) is 22.8. The summed E-state index contributed by atoms with van der Waals surface area (Å²) in [7, 11) is 0. The van der Waals surface area contributed by atoms with E-state index in [1.54, 1.807) is 0 Å². The summed E-state index contributed by atoms with van der Waals surface area (Å²) in [6.45, 7) is 4.98. The molecule has 0 saturated heterocycles. The molecule has 2 unspecified atom stereocenters. The summed E-state index contributed by atoms with van der Waals surface area (Å²) < 4.78 is 5.49. The number of esters is 1. The van der Waals surface area contributed by atoms with E-state index in [4.69, 9.17) is 4.74 Å². The molecule has 2 atom stereocenters. The Bertz CT molecular complexity index is 1160. The minimum Gasteiger partial charge on any atom is -0.466 e. The van der Waals surface area contributed by atoms with Crippen LogP contribution in [0.15, 0.2) is 12.2 Å². The standard InChI is InChI=1S/C71H139NO5/c1-3-5-7-9-11-13-15-17-36-41-45-49-53-57-61-65-71(76)77-66-62-58-54-50-46-42-38-35-33-31-29-27-25-23-21-19-20-22-24-26-28-30-32-34-37-40-44-48-52-56-60-64-70(75)72-68(67-73)69(74)63-59-55-51-47-43-39-18-16-14-12-10-8-6-4-2/h17,36,68-69,73-74H,3-16,18-35,37-67H2,1-2H3,(H,72,75)/b36-17-. The van der Waals surface area contributed by atoms with Crippen molar-refractivity contribution in [3.05, 3.63) is 12.2 Å². The van der Waals surface area contributed by atoms with Gasteiger partial charge in [0.05, 0.1) is 25.4 Å². The van der Waals surface area contributed by atoms with Gasteiger partial charge in [-0.2, -0.15) is 0 Å². The Morgan fingerprint density at radius 1 is 0.351 bits per heavy atom. The van der Waals surface area contributed by atoms with Crippen molar-refractivity contribution in [3.63, 3.8) is 0 Å². The molecule has 0 aliphatic carbocycles. The van der Waals surface area contributed by atoms with E-state index in [9.17, 15) is 19.8 Å². The van der Waals surface area contributed by atoms with Crippen LogP contribution < -0.4 is 5.32 Å². The van der Waals surface area contributed by atoms with E-state index in [2.05, 4.69) is 31.3 Å². The Labute approximate surface area is 482 Å². The van der Waals surface area contributed by atoms with Gasteiger partial charge >= 0.3 is 5.97 Å². The summed E-state index contributed by atoms with van der Waals surface area (Å²) in [5, 5.41) is 23.3. The van der Waals surface area contributed by atoms with Crippen molar-refractivity contribution in [2.24, 2.45) is 0 Å². The van der Waals surface area contributed by atoms with Crippen molar-refractivity contribution in [1.29, 1.82) is 0 Å². The number of nitrogens with one attached hydrogen (secondary N) is 1. The van der Waals surface area contributed by atoms with Gasteiger partial charge in [-0.3, -0.25) is 9.59 Å². The fraction of sp³-hybridized carbons (Fsp3) is 0.944. The van der Waals surface area contributed by atoms with E-state index in [-0.39, 0.29) is 18.5 Å². The van der Waals surface area contributed by atoms with Crippen LogP contribution in [0.1, 0.15) is 406 Å². The minimum absolute atomic E-state index is 0.0136. The third-order valence-electron chi connectivity index (χ3n) is 16.8. The molecule has 0 spiro atoms. The SMILES string of the molecule is CCCCCCCC/C=C\CCCCCCCC(=O)OCCCCCCCCCCCCCCCCCCCCCCCCCCCCCCCCCC(=O)NC(CO)C(O)CCCCCCCCCCCCCCCC. The number of ether oxygens (including phenoxy) is 1. The number of rotatable bonds is 67. The van der Waals surface area contributed by atoms with Crippen LogP contribution in [-0.4, -0.2) is 47.4 Å². The number of hydrogen-bond donors (Lipinski definition) is 3. The number of unbranched alkanes of at least 4 members (excludes halogenated alkanes) is 54. The van der Waals surface area contributed by atoms with Crippen LogP contribution in [0.4, 0.5) is 0 Å². The lowest BCUT2D eigenvalue weighted by Crippen LogP contribution is -2.45. The molecule has 0 fully saturated rings. The Balaban J connectivity index is 3.31. The topological polar surface area (TPSA) is 95.9 Å². The summed E-state index contributed by atoms with van der Waals surface area (Å²) in [5.74, 6) is -0.0143. The number of allylic oxidation sites excluding steroid dienone is 2. The maximum Gasteiger partial charge on any atom is 0.305 e. The Morgan fingerprint density at radius 3 is 0.922 bits per heavy atom. The first-order chi connectivity index (χ1) is 38.0. The average molecular weight is 1090 g/mol. The number of aliphatic hydroxyl groups excluding tert-OH is 2. The quantitative estimate of drug-likeness (QED) is 0.0320. The molecule has 3 N–H and O–H groups in total. The van der Waals surface area contributed by atoms with E-state index >= 15 is 0 Å². The van der Waals surface area contributed by atoms with Gasteiger partial charge in [0.25, 0.3) is 0 Å². The van der Waals surface area contributed by atoms with Crippen LogP contribution in [-0.2, 0) is 14.3 Å². The molecule has 6 nitrogen and oxygen atoms in total. The second-order valence-electron chi connectivity index (χ2n) is 24.6.